The Hall–Kier alpha value is -2.74. The van der Waals surface area contributed by atoms with Crippen molar-refractivity contribution in [3.63, 3.8) is 0 Å². The molecule has 0 saturated carbocycles. The smallest absolute Gasteiger partial charge is 0.348 e. The van der Waals surface area contributed by atoms with Crippen molar-refractivity contribution >= 4 is 5.91 Å². The second kappa shape index (κ2) is 8.09. The predicted octanol–water partition coefficient (Wildman–Crippen LogP) is 0.608. The molecule has 0 radical (unpaired) electrons. The standard InChI is InChI=1S/C18H22N4O4/c1-12-9-13(2)22(18(24)20-12)10-16(23)21-14-11-25-8-6-15(14)26-17-5-3-4-7-19-17/h3-5,7,9,14-15H,6,8,10-11H2,1-2H3,(H,21,23)/t14-,15-/m1/s1. The van der Waals surface area contributed by atoms with Gasteiger partial charge in [0.25, 0.3) is 0 Å². The Morgan fingerprint density at radius 1 is 1.42 bits per heavy atom. The maximum atomic E-state index is 12.4. The molecule has 1 aliphatic rings. The lowest BCUT2D eigenvalue weighted by atomic mass is 10.1. The van der Waals surface area contributed by atoms with E-state index in [4.69, 9.17) is 9.47 Å². The predicted molar refractivity (Wildman–Crippen MR) is 94.0 cm³/mol. The number of aromatic nitrogens is 3. The minimum atomic E-state index is -0.432. The third-order valence-electron chi connectivity index (χ3n) is 4.20. The largest absolute Gasteiger partial charge is 0.472 e. The molecule has 0 unspecified atom stereocenters. The Labute approximate surface area is 151 Å². The van der Waals surface area contributed by atoms with E-state index >= 15 is 0 Å². The normalized spacial score (nSPS) is 19.8. The number of carbonyl (C=O) groups is 1. The van der Waals surface area contributed by atoms with Gasteiger partial charge in [-0.2, -0.15) is 4.98 Å². The summed E-state index contributed by atoms with van der Waals surface area (Å²) in [7, 11) is 0. The molecule has 3 rings (SSSR count). The summed E-state index contributed by atoms with van der Waals surface area (Å²) in [4.78, 5) is 32.5. The molecule has 0 spiro atoms. The van der Waals surface area contributed by atoms with E-state index in [2.05, 4.69) is 15.3 Å². The van der Waals surface area contributed by atoms with Gasteiger partial charge in [0.05, 0.1) is 19.3 Å². The summed E-state index contributed by atoms with van der Waals surface area (Å²) in [5.41, 5.74) is 0.895. The monoisotopic (exact) mass is 358 g/mol. The molecule has 2 aromatic rings. The van der Waals surface area contributed by atoms with Crippen molar-refractivity contribution in [3.8, 4) is 5.88 Å². The molecule has 1 amide bonds. The summed E-state index contributed by atoms with van der Waals surface area (Å²) < 4.78 is 12.7. The summed E-state index contributed by atoms with van der Waals surface area (Å²) in [6, 6.07) is 6.88. The van der Waals surface area contributed by atoms with Crippen LogP contribution in [-0.2, 0) is 16.1 Å². The van der Waals surface area contributed by atoms with E-state index in [1.54, 1.807) is 32.2 Å². The van der Waals surface area contributed by atoms with Crippen molar-refractivity contribution in [3.05, 3.63) is 52.3 Å². The van der Waals surface area contributed by atoms with Crippen molar-refractivity contribution < 1.29 is 14.3 Å². The van der Waals surface area contributed by atoms with Crippen LogP contribution in [0.2, 0.25) is 0 Å². The van der Waals surface area contributed by atoms with Gasteiger partial charge in [-0.25, -0.2) is 9.78 Å². The van der Waals surface area contributed by atoms with Gasteiger partial charge in [-0.05, 0) is 26.0 Å². The average Bonchev–Trinajstić information content (AvgIpc) is 2.61. The van der Waals surface area contributed by atoms with E-state index < -0.39 is 5.69 Å². The van der Waals surface area contributed by atoms with E-state index in [1.165, 1.54) is 4.57 Å². The van der Waals surface area contributed by atoms with Gasteiger partial charge in [0.2, 0.25) is 11.8 Å². The van der Waals surface area contributed by atoms with Crippen molar-refractivity contribution in [2.75, 3.05) is 13.2 Å². The molecular weight excluding hydrogens is 336 g/mol. The number of aryl methyl sites for hydroxylation is 2. The molecule has 3 heterocycles. The van der Waals surface area contributed by atoms with Crippen molar-refractivity contribution in [1.82, 2.24) is 19.9 Å². The van der Waals surface area contributed by atoms with Crippen LogP contribution in [-0.4, -0.2) is 45.8 Å². The number of hydrogen-bond acceptors (Lipinski definition) is 6. The zero-order valence-corrected chi connectivity index (χ0v) is 14.8. The minimum absolute atomic E-state index is 0.0925. The molecule has 0 aliphatic carbocycles. The molecule has 2 atom stereocenters. The Bertz CT molecular complexity index is 822. The highest BCUT2D eigenvalue weighted by molar-refractivity contribution is 5.76. The number of carbonyl (C=O) groups excluding carboxylic acids is 1. The van der Waals surface area contributed by atoms with Gasteiger partial charge in [0.1, 0.15) is 12.6 Å². The van der Waals surface area contributed by atoms with Gasteiger partial charge in [-0.15, -0.1) is 0 Å². The summed E-state index contributed by atoms with van der Waals surface area (Å²) in [5, 5.41) is 2.90. The summed E-state index contributed by atoms with van der Waals surface area (Å²) >= 11 is 0. The maximum Gasteiger partial charge on any atom is 0.348 e. The lowest BCUT2D eigenvalue weighted by Crippen LogP contribution is -2.53. The van der Waals surface area contributed by atoms with Gasteiger partial charge in [0, 0.05) is 30.1 Å². The second-order valence-electron chi connectivity index (χ2n) is 6.27. The first-order valence-corrected chi connectivity index (χ1v) is 8.53. The maximum absolute atomic E-state index is 12.4. The van der Waals surface area contributed by atoms with Crippen molar-refractivity contribution in [1.29, 1.82) is 0 Å². The van der Waals surface area contributed by atoms with Crippen molar-refractivity contribution in [2.24, 2.45) is 0 Å². The number of nitrogens with one attached hydrogen (secondary N) is 1. The molecular formula is C18H22N4O4. The molecule has 0 aromatic carbocycles. The van der Waals surface area contributed by atoms with E-state index in [0.717, 1.165) is 0 Å². The van der Waals surface area contributed by atoms with Crippen LogP contribution < -0.4 is 15.7 Å². The van der Waals surface area contributed by atoms with Crippen LogP contribution in [0.5, 0.6) is 5.88 Å². The van der Waals surface area contributed by atoms with E-state index in [-0.39, 0.29) is 24.6 Å². The number of nitrogens with zero attached hydrogens (tertiary/aromatic N) is 3. The summed E-state index contributed by atoms with van der Waals surface area (Å²) in [5.74, 6) is 0.222. The zero-order valence-electron chi connectivity index (χ0n) is 14.8. The molecule has 8 nitrogen and oxygen atoms in total. The molecule has 138 valence electrons. The van der Waals surface area contributed by atoms with Gasteiger partial charge in [0.15, 0.2) is 0 Å². The third kappa shape index (κ3) is 4.45. The zero-order chi connectivity index (χ0) is 18.5. The number of ether oxygens (including phenoxy) is 2. The van der Waals surface area contributed by atoms with Gasteiger partial charge in [-0.3, -0.25) is 9.36 Å². The van der Waals surface area contributed by atoms with Crippen LogP contribution >= 0.6 is 0 Å². The highest BCUT2D eigenvalue weighted by Gasteiger charge is 2.29. The highest BCUT2D eigenvalue weighted by Crippen LogP contribution is 2.16. The topological polar surface area (TPSA) is 95.3 Å². The van der Waals surface area contributed by atoms with Crippen LogP contribution in [0, 0.1) is 13.8 Å². The SMILES string of the molecule is Cc1cc(C)n(CC(=O)N[C@@H]2COCC[C@H]2Oc2ccccn2)c(=O)n1. The van der Waals surface area contributed by atoms with E-state index in [1.807, 2.05) is 12.1 Å². The highest BCUT2D eigenvalue weighted by atomic mass is 16.5. The number of hydrogen-bond donors (Lipinski definition) is 1. The third-order valence-corrected chi connectivity index (χ3v) is 4.20. The molecule has 0 bridgehead atoms. The molecule has 2 aromatic heterocycles. The van der Waals surface area contributed by atoms with E-state index in [9.17, 15) is 9.59 Å². The molecule has 26 heavy (non-hydrogen) atoms. The van der Waals surface area contributed by atoms with Crippen LogP contribution in [0.3, 0.4) is 0 Å². The number of pyridine rings is 1. The quantitative estimate of drug-likeness (QED) is 0.841. The fraction of sp³-hybridized carbons (Fsp3) is 0.444. The lowest BCUT2D eigenvalue weighted by molar-refractivity contribution is -0.125. The van der Waals surface area contributed by atoms with E-state index in [0.29, 0.717) is 36.9 Å². The van der Waals surface area contributed by atoms with Crippen LogP contribution in [0.4, 0.5) is 0 Å². The van der Waals surface area contributed by atoms with Crippen LogP contribution in [0.15, 0.2) is 35.3 Å². The average molecular weight is 358 g/mol. The summed E-state index contributed by atoms with van der Waals surface area (Å²) in [6.45, 7) is 4.34. The van der Waals surface area contributed by atoms with Crippen LogP contribution in [0.1, 0.15) is 17.8 Å². The first kappa shape index (κ1) is 18.1. The first-order chi connectivity index (χ1) is 12.5. The Balaban J connectivity index is 1.66. The molecule has 1 N–H and O–H groups in total. The molecule has 1 aliphatic heterocycles. The second-order valence-corrected chi connectivity index (χ2v) is 6.27. The number of amides is 1. The minimum Gasteiger partial charge on any atom is -0.472 e. The Kier molecular flexibility index (Phi) is 5.62. The van der Waals surface area contributed by atoms with Gasteiger partial charge < -0.3 is 14.8 Å². The Morgan fingerprint density at radius 3 is 3.00 bits per heavy atom. The molecule has 1 fully saturated rings. The summed E-state index contributed by atoms with van der Waals surface area (Å²) in [6.07, 6.45) is 2.06. The fourth-order valence-corrected chi connectivity index (χ4v) is 2.93. The molecule has 1 saturated heterocycles. The lowest BCUT2D eigenvalue weighted by Gasteiger charge is -2.32. The fourth-order valence-electron chi connectivity index (χ4n) is 2.93. The van der Waals surface area contributed by atoms with Crippen molar-refractivity contribution in [2.45, 2.75) is 39.0 Å². The van der Waals surface area contributed by atoms with Gasteiger partial charge in [-0.1, -0.05) is 6.07 Å². The Morgan fingerprint density at radius 2 is 2.27 bits per heavy atom. The first-order valence-electron chi connectivity index (χ1n) is 8.53. The molecule has 8 heteroatoms. The van der Waals surface area contributed by atoms with Gasteiger partial charge >= 0.3 is 5.69 Å². The number of rotatable bonds is 5. The van der Waals surface area contributed by atoms with Crippen LogP contribution in [0.25, 0.3) is 0 Å².